The Labute approximate surface area is 114 Å². The van der Waals surface area contributed by atoms with Crippen LogP contribution in [-0.2, 0) is 6.54 Å². The van der Waals surface area contributed by atoms with Gasteiger partial charge >= 0.3 is 0 Å². The molecule has 100 valence electrons. The van der Waals surface area contributed by atoms with Gasteiger partial charge in [-0.15, -0.1) is 0 Å². The highest BCUT2D eigenvalue weighted by Gasteiger charge is 2.05. The Balaban J connectivity index is 1.99. The van der Waals surface area contributed by atoms with Crippen molar-refractivity contribution in [3.05, 3.63) is 70.5 Å². The van der Waals surface area contributed by atoms with E-state index in [1.165, 1.54) is 28.8 Å². The van der Waals surface area contributed by atoms with Crippen LogP contribution in [0.2, 0.25) is 0 Å². The molecule has 0 bridgehead atoms. The monoisotopic (exact) mass is 257 g/mol. The van der Waals surface area contributed by atoms with Crippen molar-refractivity contribution in [2.75, 3.05) is 0 Å². The van der Waals surface area contributed by atoms with E-state index in [9.17, 15) is 4.39 Å². The molecule has 0 unspecified atom stereocenters. The second-order valence-corrected chi connectivity index (χ2v) is 5.15. The third-order valence-corrected chi connectivity index (χ3v) is 3.26. The fourth-order valence-electron chi connectivity index (χ4n) is 2.31. The number of aryl methyl sites for hydroxylation is 2. The van der Waals surface area contributed by atoms with E-state index in [0.29, 0.717) is 0 Å². The summed E-state index contributed by atoms with van der Waals surface area (Å²) in [6.45, 7) is 7.14. The molecule has 2 aromatic rings. The summed E-state index contributed by atoms with van der Waals surface area (Å²) in [5, 5.41) is 3.47. The Hall–Kier alpha value is -1.67. The van der Waals surface area contributed by atoms with Crippen LogP contribution in [0, 0.1) is 19.7 Å². The molecule has 0 aliphatic carbocycles. The van der Waals surface area contributed by atoms with Crippen LogP contribution in [0.3, 0.4) is 0 Å². The van der Waals surface area contributed by atoms with Crippen LogP contribution in [0.5, 0.6) is 0 Å². The van der Waals surface area contributed by atoms with Crippen LogP contribution in [0.25, 0.3) is 0 Å². The largest absolute Gasteiger partial charge is 0.306 e. The first-order valence-electron chi connectivity index (χ1n) is 6.60. The second-order valence-electron chi connectivity index (χ2n) is 5.15. The molecule has 2 heteroatoms. The first-order valence-corrected chi connectivity index (χ1v) is 6.60. The van der Waals surface area contributed by atoms with Crippen molar-refractivity contribution in [1.82, 2.24) is 5.32 Å². The third kappa shape index (κ3) is 3.90. The number of hydrogen-bond donors (Lipinski definition) is 1. The van der Waals surface area contributed by atoms with Gasteiger partial charge in [0.15, 0.2) is 0 Å². The number of benzene rings is 2. The molecule has 2 rings (SSSR count). The maximum Gasteiger partial charge on any atom is 0.123 e. The molecule has 1 atom stereocenters. The van der Waals surface area contributed by atoms with Crippen molar-refractivity contribution in [2.45, 2.75) is 33.4 Å². The predicted molar refractivity (Wildman–Crippen MR) is 77.6 cm³/mol. The molecule has 0 aromatic heterocycles. The molecule has 0 saturated heterocycles. The van der Waals surface area contributed by atoms with E-state index in [-0.39, 0.29) is 11.9 Å². The first kappa shape index (κ1) is 13.8. The van der Waals surface area contributed by atoms with Crippen LogP contribution < -0.4 is 5.32 Å². The van der Waals surface area contributed by atoms with Crippen LogP contribution in [0.15, 0.2) is 42.5 Å². The highest BCUT2D eigenvalue weighted by atomic mass is 19.1. The van der Waals surface area contributed by atoms with Crippen molar-refractivity contribution in [2.24, 2.45) is 0 Å². The normalized spacial score (nSPS) is 12.4. The van der Waals surface area contributed by atoms with E-state index in [1.807, 2.05) is 12.1 Å². The summed E-state index contributed by atoms with van der Waals surface area (Å²) < 4.78 is 12.9. The molecule has 0 spiro atoms. The smallest absolute Gasteiger partial charge is 0.123 e. The summed E-state index contributed by atoms with van der Waals surface area (Å²) in [6, 6.07) is 13.4. The topological polar surface area (TPSA) is 12.0 Å². The minimum Gasteiger partial charge on any atom is -0.306 e. The van der Waals surface area contributed by atoms with E-state index in [4.69, 9.17) is 0 Å². The number of rotatable bonds is 4. The van der Waals surface area contributed by atoms with Gasteiger partial charge in [0.1, 0.15) is 5.82 Å². The van der Waals surface area contributed by atoms with E-state index >= 15 is 0 Å². The van der Waals surface area contributed by atoms with Crippen molar-refractivity contribution >= 4 is 0 Å². The molecule has 0 aliphatic heterocycles. The van der Waals surface area contributed by atoms with Gasteiger partial charge in [-0.25, -0.2) is 4.39 Å². The van der Waals surface area contributed by atoms with Crippen LogP contribution in [0.4, 0.5) is 4.39 Å². The Bertz CT molecular complexity index is 525. The quantitative estimate of drug-likeness (QED) is 0.861. The van der Waals surface area contributed by atoms with E-state index in [1.54, 1.807) is 0 Å². The maximum atomic E-state index is 12.9. The first-order chi connectivity index (χ1) is 9.04. The fourth-order valence-corrected chi connectivity index (χ4v) is 2.31. The van der Waals surface area contributed by atoms with E-state index in [0.717, 1.165) is 12.1 Å². The Morgan fingerprint density at radius 3 is 2.16 bits per heavy atom. The summed E-state index contributed by atoms with van der Waals surface area (Å²) >= 11 is 0. The van der Waals surface area contributed by atoms with Gasteiger partial charge < -0.3 is 5.32 Å². The van der Waals surface area contributed by atoms with Gasteiger partial charge in [-0.2, -0.15) is 0 Å². The van der Waals surface area contributed by atoms with Crippen molar-refractivity contribution in [3.8, 4) is 0 Å². The lowest BCUT2D eigenvalue weighted by Crippen LogP contribution is -2.18. The van der Waals surface area contributed by atoms with Crippen LogP contribution in [0.1, 0.15) is 35.2 Å². The Kier molecular flexibility index (Phi) is 4.33. The molecule has 19 heavy (non-hydrogen) atoms. The molecule has 0 radical (unpaired) electrons. The number of halogens is 1. The highest BCUT2D eigenvalue weighted by Crippen LogP contribution is 2.15. The Morgan fingerprint density at radius 1 is 1.00 bits per heavy atom. The van der Waals surface area contributed by atoms with Gasteiger partial charge in [0, 0.05) is 12.6 Å². The number of nitrogens with one attached hydrogen (secondary N) is 1. The fraction of sp³-hybridized carbons (Fsp3) is 0.294. The van der Waals surface area contributed by atoms with Gasteiger partial charge in [0.25, 0.3) is 0 Å². The van der Waals surface area contributed by atoms with Gasteiger partial charge in [-0.3, -0.25) is 0 Å². The zero-order valence-corrected chi connectivity index (χ0v) is 11.7. The van der Waals surface area contributed by atoms with Crippen molar-refractivity contribution in [3.63, 3.8) is 0 Å². The molecule has 0 saturated carbocycles. The summed E-state index contributed by atoms with van der Waals surface area (Å²) in [7, 11) is 0. The molecule has 0 heterocycles. The summed E-state index contributed by atoms with van der Waals surface area (Å²) in [6.07, 6.45) is 0. The third-order valence-electron chi connectivity index (χ3n) is 3.26. The van der Waals surface area contributed by atoms with Crippen LogP contribution in [-0.4, -0.2) is 0 Å². The molecular weight excluding hydrogens is 237 g/mol. The summed E-state index contributed by atoms with van der Waals surface area (Å²) in [5.74, 6) is -0.190. The predicted octanol–water partition coefficient (Wildman–Crippen LogP) is 4.29. The number of hydrogen-bond acceptors (Lipinski definition) is 1. The molecule has 0 aliphatic rings. The minimum atomic E-state index is -0.190. The lowest BCUT2D eigenvalue weighted by Gasteiger charge is -2.15. The van der Waals surface area contributed by atoms with Gasteiger partial charge in [-0.05, 0) is 44.0 Å². The zero-order valence-electron chi connectivity index (χ0n) is 11.7. The molecule has 2 aromatic carbocycles. The van der Waals surface area contributed by atoms with E-state index in [2.05, 4.69) is 44.3 Å². The SMILES string of the molecule is Cc1cc(C)cc(CN[C@H](C)c2ccc(F)cc2)c1. The van der Waals surface area contributed by atoms with Crippen molar-refractivity contribution in [1.29, 1.82) is 0 Å². The maximum absolute atomic E-state index is 12.9. The standard InChI is InChI=1S/C17H20FN/c1-12-8-13(2)10-15(9-12)11-19-14(3)16-4-6-17(18)7-5-16/h4-10,14,19H,11H2,1-3H3/t14-/m1/s1. The molecule has 0 amide bonds. The van der Waals surface area contributed by atoms with Crippen LogP contribution >= 0.6 is 0 Å². The lowest BCUT2D eigenvalue weighted by molar-refractivity contribution is 0.571. The molecule has 1 N–H and O–H groups in total. The average molecular weight is 257 g/mol. The highest BCUT2D eigenvalue weighted by molar-refractivity contribution is 5.28. The molecule has 1 nitrogen and oxygen atoms in total. The van der Waals surface area contributed by atoms with Crippen molar-refractivity contribution < 1.29 is 4.39 Å². The molecule has 0 fully saturated rings. The van der Waals surface area contributed by atoms with Gasteiger partial charge in [-0.1, -0.05) is 41.5 Å². The second kappa shape index (κ2) is 5.98. The minimum absolute atomic E-state index is 0.190. The lowest BCUT2D eigenvalue weighted by atomic mass is 10.1. The summed E-state index contributed by atoms with van der Waals surface area (Å²) in [4.78, 5) is 0. The summed E-state index contributed by atoms with van der Waals surface area (Å²) in [5.41, 5.74) is 4.95. The average Bonchev–Trinajstić information content (AvgIpc) is 2.36. The van der Waals surface area contributed by atoms with E-state index < -0.39 is 0 Å². The van der Waals surface area contributed by atoms with Gasteiger partial charge in [0.2, 0.25) is 0 Å². The van der Waals surface area contributed by atoms with Gasteiger partial charge in [0.05, 0.1) is 0 Å². The Morgan fingerprint density at radius 2 is 1.58 bits per heavy atom. The molecular formula is C17H20FN. The zero-order chi connectivity index (χ0) is 13.8.